The Balaban J connectivity index is 2.25. The highest BCUT2D eigenvalue weighted by molar-refractivity contribution is 5.96. The van der Waals surface area contributed by atoms with E-state index in [1.807, 2.05) is 37.3 Å². The lowest BCUT2D eigenvalue weighted by Crippen LogP contribution is -2.28. The van der Waals surface area contributed by atoms with Crippen molar-refractivity contribution in [1.29, 1.82) is 0 Å². The summed E-state index contributed by atoms with van der Waals surface area (Å²) < 4.78 is 0. The van der Waals surface area contributed by atoms with Crippen molar-refractivity contribution in [1.82, 2.24) is 5.32 Å². The van der Waals surface area contributed by atoms with E-state index in [1.54, 1.807) is 13.0 Å². The second kappa shape index (κ2) is 6.85. The van der Waals surface area contributed by atoms with Crippen molar-refractivity contribution in [2.75, 3.05) is 0 Å². The summed E-state index contributed by atoms with van der Waals surface area (Å²) in [4.78, 5) is 22.9. The number of hydrogen-bond donors (Lipinski definition) is 1. The summed E-state index contributed by atoms with van der Waals surface area (Å²) in [6, 6.07) is 14.1. The largest absolute Gasteiger partial charge is 0.345 e. The zero-order valence-electron chi connectivity index (χ0n) is 12.6. The van der Waals surface area contributed by atoms with Gasteiger partial charge in [-0.15, -0.1) is 0 Å². The lowest BCUT2D eigenvalue weighted by atomic mass is 10.0. The Bertz CT molecular complexity index is 684. The predicted octanol–water partition coefficient (Wildman–Crippen LogP) is 3.78. The number of benzene rings is 2. The lowest BCUT2D eigenvalue weighted by molar-refractivity contribution is -0.385. The average Bonchev–Trinajstić information content (AvgIpc) is 2.53. The summed E-state index contributed by atoms with van der Waals surface area (Å²) in [6.45, 7) is 3.58. The molecule has 1 amide bonds. The fourth-order valence-electron chi connectivity index (χ4n) is 2.41. The van der Waals surface area contributed by atoms with Crippen molar-refractivity contribution < 1.29 is 9.72 Å². The molecule has 5 heteroatoms. The number of carbonyl (C=O) groups is 1. The molecule has 2 rings (SSSR count). The van der Waals surface area contributed by atoms with E-state index in [2.05, 4.69) is 5.32 Å². The van der Waals surface area contributed by atoms with Crippen LogP contribution in [0.4, 0.5) is 5.69 Å². The van der Waals surface area contributed by atoms with Crippen molar-refractivity contribution in [2.24, 2.45) is 0 Å². The number of amides is 1. The van der Waals surface area contributed by atoms with Crippen LogP contribution in [0, 0.1) is 17.0 Å². The third kappa shape index (κ3) is 3.31. The van der Waals surface area contributed by atoms with Gasteiger partial charge in [-0.2, -0.15) is 0 Å². The van der Waals surface area contributed by atoms with Gasteiger partial charge in [-0.1, -0.05) is 43.3 Å². The fourth-order valence-corrected chi connectivity index (χ4v) is 2.41. The van der Waals surface area contributed by atoms with Crippen LogP contribution >= 0.6 is 0 Å². The maximum absolute atomic E-state index is 12.4. The van der Waals surface area contributed by atoms with Crippen LogP contribution in [-0.4, -0.2) is 10.8 Å². The first-order chi connectivity index (χ1) is 10.5. The molecule has 22 heavy (non-hydrogen) atoms. The molecule has 0 saturated carbocycles. The van der Waals surface area contributed by atoms with E-state index in [-0.39, 0.29) is 17.6 Å². The highest BCUT2D eigenvalue weighted by atomic mass is 16.6. The Hall–Kier alpha value is -2.69. The minimum absolute atomic E-state index is 0.0413. The van der Waals surface area contributed by atoms with Gasteiger partial charge in [-0.25, -0.2) is 0 Å². The van der Waals surface area contributed by atoms with Crippen LogP contribution < -0.4 is 5.32 Å². The normalized spacial score (nSPS) is 11.7. The summed E-state index contributed by atoms with van der Waals surface area (Å²) in [5.41, 5.74) is 1.69. The standard InChI is InChI=1S/C17H18N2O3/c1-3-15(13-8-5-4-6-9-13)18-17(20)14-10-7-11-16(12(14)2)19(21)22/h4-11,15H,3H2,1-2H3,(H,18,20). The molecule has 1 N–H and O–H groups in total. The van der Waals surface area contributed by atoms with Crippen LogP contribution in [0.1, 0.15) is 40.9 Å². The number of nitrogens with zero attached hydrogens (tertiary/aromatic N) is 1. The van der Waals surface area contributed by atoms with Gasteiger partial charge in [0, 0.05) is 17.2 Å². The van der Waals surface area contributed by atoms with E-state index in [4.69, 9.17) is 0 Å². The zero-order valence-corrected chi connectivity index (χ0v) is 12.6. The van der Waals surface area contributed by atoms with E-state index in [1.165, 1.54) is 12.1 Å². The summed E-state index contributed by atoms with van der Waals surface area (Å²) in [6.07, 6.45) is 0.740. The second-order valence-electron chi connectivity index (χ2n) is 5.05. The second-order valence-corrected chi connectivity index (χ2v) is 5.05. The number of nitro groups is 1. The molecule has 0 bridgehead atoms. The van der Waals surface area contributed by atoms with E-state index >= 15 is 0 Å². The molecule has 0 heterocycles. The minimum Gasteiger partial charge on any atom is -0.345 e. The monoisotopic (exact) mass is 298 g/mol. The smallest absolute Gasteiger partial charge is 0.273 e. The Morgan fingerprint density at radius 1 is 1.18 bits per heavy atom. The van der Waals surface area contributed by atoms with Gasteiger partial charge >= 0.3 is 0 Å². The summed E-state index contributed by atoms with van der Waals surface area (Å²) in [5, 5.41) is 13.9. The Kier molecular flexibility index (Phi) is 4.88. The van der Waals surface area contributed by atoms with Gasteiger partial charge in [-0.05, 0) is 25.0 Å². The summed E-state index contributed by atoms with van der Waals surface area (Å²) in [7, 11) is 0. The fraction of sp³-hybridized carbons (Fsp3) is 0.235. The SMILES string of the molecule is CCC(NC(=O)c1cccc([N+](=O)[O-])c1C)c1ccccc1. The maximum atomic E-state index is 12.4. The zero-order chi connectivity index (χ0) is 16.1. The third-order valence-corrected chi connectivity index (χ3v) is 3.66. The first-order valence-corrected chi connectivity index (χ1v) is 7.14. The number of rotatable bonds is 5. The molecule has 0 radical (unpaired) electrons. The van der Waals surface area contributed by atoms with Crippen LogP contribution in [0.15, 0.2) is 48.5 Å². The summed E-state index contributed by atoms with van der Waals surface area (Å²) in [5.74, 6) is -0.295. The molecule has 1 atom stereocenters. The molecule has 0 aliphatic carbocycles. The quantitative estimate of drug-likeness (QED) is 0.674. The van der Waals surface area contributed by atoms with Crippen molar-refractivity contribution >= 4 is 11.6 Å². The molecule has 0 aromatic heterocycles. The first kappa shape index (κ1) is 15.7. The van der Waals surface area contributed by atoms with Gasteiger partial charge in [0.15, 0.2) is 0 Å². The molecule has 2 aromatic rings. The highest BCUT2D eigenvalue weighted by Gasteiger charge is 2.20. The van der Waals surface area contributed by atoms with E-state index in [0.717, 1.165) is 12.0 Å². The Morgan fingerprint density at radius 2 is 1.86 bits per heavy atom. The van der Waals surface area contributed by atoms with Crippen molar-refractivity contribution in [3.63, 3.8) is 0 Å². The Morgan fingerprint density at radius 3 is 2.45 bits per heavy atom. The van der Waals surface area contributed by atoms with Gasteiger partial charge in [0.2, 0.25) is 0 Å². The molecule has 0 fully saturated rings. The molecular formula is C17H18N2O3. The van der Waals surface area contributed by atoms with Gasteiger partial charge in [0.25, 0.3) is 11.6 Å². The molecular weight excluding hydrogens is 280 g/mol. The predicted molar refractivity (Wildman–Crippen MR) is 84.8 cm³/mol. The third-order valence-electron chi connectivity index (χ3n) is 3.66. The van der Waals surface area contributed by atoms with E-state index in [0.29, 0.717) is 11.1 Å². The molecule has 0 aliphatic heterocycles. The van der Waals surface area contributed by atoms with E-state index in [9.17, 15) is 14.9 Å². The van der Waals surface area contributed by atoms with Crippen LogP contribution in [0.2, 0.25) is 0 Å². The molecule has 2 aromatic carbocycles. The van der Waals surface area contributed by atoms with E-state index < -0.39 is 4.92 Å². The average molecular weight is 298 g/mol. The topological polar surface area (TPSA) is 72.2 Å². The first-order valence-electron chi connectivity index (χ1n) is 7.14. The summed E-state index contributed by atoms with van der Waals surface area (Å²) >= 11 is 0. The maximum Gasteiger partial charge on any atom is 0.273 e. The van der Waals surface area contributed by atoms with Gasteiger partial charge in [-0.3, -0.25) is 14.9 Å². The van der Waals surface area contributed by atoms with Crippen LogP contribution in [-0.2, 0) is 0 Å². The molecule has 114 valence electrons. The highest BCUT2D eigenvalue weighted by Crippen LogP contribution is 2.22. The minimum atomic E-state index is -0.472. The molecule has 0 saturated heterocycles. The lowest BCUT2D eigenvalue weighted by Gasteiger charge is -2.18. The number of nitrogens with one attached hydrogen (secondary N) is 1. The van der Waals surface area contributed by atoms with Crippen LogP contribution in [0.5, 0.6) is 0 Å². The van der Waals surface area contributed by atoms with Crippen molar-refractivity contribution in [2.45, 2.75) is 26.3 Å². The van der Waals surface area contributed by atoms with Gasteiger partial charge in [0.1, 0.15) is 0 Å². The number of hydrogen-bond acceptors (Lipinski definition) is 3. The molecule has 5 nitrogen and oxygen atoms in total. The molecule has 1 unspecified atom stereocenters. The van der Waals surface area contributed by atoms with Crippen LogP contribution in [0.25, 0.3) is 0 Å². The molecule has 0 aliphatic rings. The van der Waals surface area contributed by atoms with Crippen molar-refractivity contribution in [3.8, 4) is 0 Å². The van der Waals surface area contributed by atoms with Crippen LogP contribution in [0.3, 0.4) is 0 Å². The van der Waals surface area contributed by atoms with Gasteiger partial charge in [0.05, 0.1) is 11.0 Å². The number of nitro benzene ring substituents is 1. The van der Waals surface area contributed by atoms with Crippen molar-refractivity contribution in [3.05, 3.63) is 75.3 Å². The Labute approximate surface area is 129 Å². The van der Waals surface area contributed by atoms with Gasteiger partial charge < -0.3 is 5.32 Å². The number of carbonyl (C=O) groups excluding carboxylic acids is 1. The molecule has 0 spiro atoms.